The quantitative estimate of drug-likeness (QED) is 0.902. The van der Waals surface area contributed by atoms with Crippen molar-refractivity contribution in [3.63, 3.8) is 0 Å². The number of aromatic nitrogens is 1. The molecule has 1 atom stereocenters. The molecule has 1 heterocycles. The SMILES string of the molecule is Cc1nc(CN[C@H](C)c2ccc(F)cc2)oc1C. The normalized spacial score (nSPS) is 12.7. The minimum atomic E-state index is -0.218. The monoisotopic (exact) mass is 248 g/mol. The van der Waals surface area contributed by atoms with Gasteiger partial charge in [0.2, 0.25) is 5.89 Å². The molecule has 0 saturated heterocycles. The molecular formula is C14H17FN2O. The van der Waals surface area contributed by atoms with Crippen LogP contribution >= 0.6 is 0 Å². The van der Waals surface area contributed by atoms with Crippen molar-refractivity contribution < 1.29 is 8.81 Å². The molecule has 18 heavy (non-hydrogen) atoms. The number of benzene rings is 1. The Kier molecular flexibility index (Phi) is 3.77. The van der Waals surface area contributed by atoms with Crippen molar-refractivity contribution in [2.75, 3.05) is 0 Å². The van der Waals surface area contributed by atoms with Crippen LogP contribution in [0.4, 0.5) is 4.39 Å². The molecule has 0 bridgehead atoms. The Morgan fingerprint density at radius 3 is 2.50 bits per heavy atom. The summed E-state index contributed by atoms with van der Waals surface area (Å²) in [6.45, 7) is 6.41. The topological polar surface area (TPSA) is 38.1 Å². The first-order valence-corrected chi connectivity index (χ1v) is 5.98. The van der Waals surface area contributed by atoms with E-state index in [2.05, 4.69) is 10.3 Å². The number of hydrogen-bond acceptors (Lipinski definition) is 3. The average molecular weight is 248 g/mol. The molecule has 4 heteroatoms. The Hall–Kier alpha value is -1.68. The number of halogens is 1. The fourth-order valence-electron chi connectivity index (χ4n) is 1.72. The molecule has 0 aliphatic heterocycles. The Labute approximate surface area is 106 Å². The lowest BCUT2D eigenvalue weighted by atomic mass is 10.1. The van der Waals surface area contributed by atoms with E-state index in [0.29, 0.717) is 12.4 Å². The molecule has 0 fully saturated rings. The first-order valence-electron chi connectivity index (χ1n) is 5.98. The number of hydrogen-bond donors (Lipinski definition) is 1. The zero-order valence-corrected chi connectivity index (χ0v) is 10.8. The predicted octanol–water partition coefficient (Wildman–Crippen LogP) is 3.28. The molecule has 1 aromatic heterocycles. The maximum atomic E-state index is 12.8. The Balaban J connectivity index is 1.95. The summed E-state index contributed by atoms with van der Waals surface area (Å²) in [6, 6.07) is 6.61. The lowest BCUT2D eigenvalue weighted by Gasteiger charge is -2.12. The molecule has 0 spiro atoms. The molecule has 0 saturated carbocycles. The predicted molar refractivity (Wildman–Crippen MR) is 67.6 cm³/mol. The van der Waals surface area contributed by atoms with E-state index in [4.69, 9.17) is 4.42 Å². The number of rotatable bonds is 4. The second-order valence-electron chi connectivity index (χ2n) is 4.40. The Bertz CT molecular complexity index is 500. The summed E-state index contributed by atoms with van der Waals surface area (Å²) in [4.78, 5) is 4.30. The molecule has 96 valence electrons. The third-order valence-electron chi connectivity index (χ3n) is 3.00. The minimum absolute atomic E-state index is 0.123. The molecule has 3 nitrogen and oxygen atoms in total. The molecule has 0 aliphatic rings. The summed E-state index contributed by atoms with van der Waals surface area (Å²) >= 11 is 0. The third kappa shape index (κ3) is 2.96. The summed E-state index contributed by atoms with van der Waals surface area (Å²) in [5.41, 5.74) is 1.96. The molecule has 1 aromatic carbocycles. The van der Waals surface area contributed by atoms with Crippen molar-refractivity contribution in [3.8, 4) is 0 Å². The average Bonchev–Trinajstić information content (AvgIpc) is 2.67. The van der Waals surface area contributed by atoms with Crippen LogP contribution in [0.15, 0.2) is 28.7 Å². The summed E-state index contributed by atoms with van der Waals surface area (Å²) in [7, 11) is 0. The van der Waals surface area contributed by atoms with Gasteiger partial charge in [-0.3, -0.25) is 0 Å². The standard InChI is InChI=1S/C14H17FN2O/c1-9-11(3)18-14(17-9)8-16-10(2)12-4-6-13(15)7-5-12/h4-7,10,16H,8H2,1-3H3/t10-/m1/s1. The minimum Gasteiger partial charge on any atom is -0.444 e. The van der Waals surface area contributed by atoms with Crippen LogP contribution in [0.3, 0.4) is 0 Å². The van der Waals surface area contributed by atoms with Gasteiger partial charge in [-0.2, -0.15) is 0 Å². The fourth-order valence-corrected chi connectivity index (χ4v) is 1.72. The van der Waals surface area contributed by atoms with E-state index in [-0.39, 0.29) is 11.9 Å². The van der Waals surface area contributed by atoms with E-state index in [1.807, 2.05) is 20.8 Å². The first-order chi connectivity index (χ1) is 8.56. The van der Waals surface area contributed by atoms with E-state index < -0.39 is 0 Å². The van der Waals surface area contributed by atoms with E-state index in [9.17, 15) is 4.39 Å². The summed E-state index contributed by atoms with van der Waals surface area (Å²) in [5, 5.41) is 3.30. The van der Waals surface area contributed by atoms with Crippen LogP contribution in [0.2, 0.25) is 0 Å². The van der Waals surface area contributed by atoms with E-state index in [0.717, 1.165) is 17.0 Å². The highest BCUT2D eigenvalue weighted by Crippen LogP contribution is 2.14. The summed E-state index contributed by atoms with van der Waals surface area (Å²) in [5.74, 6) is 1.31. The van der Waals surface area contributed by atoms with Crippen LogP contribution in [-0.2, 0) is 6.54 Å². The van der Waals surface area contributed by atoms with Gasteiger partial charge in [0.25, 0.3) is 0 Å². The number of aryl methyl sites for hydroxylation is 2. The van der Waals surface area contributed by atoms with E-state index in [1.165, 1.54) is 12.1 Å². The number of nitrogens with zero attached hydrogens (tertiary/aromatic N) is 1. The van der Waals surface area contributed by atoms with Gasteiger partial charge in [-0.1, -0.05) is 12.1 Å². The largest absolute Gasteiger partial charge is 0.444 e. The van der Waals surface area contributed by atoms with Crippen LogP contribution in [0.25, 0.3) is 0 Å². The van der Waals surface area contributed by atoms with Gasteiger partial charge >= 0.3 is 0 Å². The van der Waals surface area contributed by atoms with Crippen molar-refractivity contribution >= 4 is 0 Å². The van der Waals surface area contributed by atoms with Crippen LogP contribution < -0.4 is 5.32 Å². The van der Waals surface area contributed by atoms with Crippen molar-refractivity contribution in [2.24, 2.45) is 0 Å². The van der Waals surface area contributed by atoms with Crippen LogP contribution in [-0.4, -0.2) is 4.98 Å². The first kappa shape index (κ1) is 12.8. The fraction of sp³-hybridized carbons (Fsp3) is 0.357. The maximum Gasteiger partial charge on any atom is 0.208 e. The van der Waals surface area contributed by atoms with Gasteiger partial charge in [-0.25, -0.2) is 9.37 Å². The van der Waals surface area contributed by atoms with Crippen LogP contribution in [0.1, 0.15) is 35.9 Å². The van der Waals surface area contributed by atoms with Gasteiger partial charge in [0.05, 0.1) is 12.2 Å². The second kappa shape index (κ2) is 5.31. The smallest absolute Gasteiger partial charge is 0.208 e. The molecule has 1 N–H and O–H groups in total. The zero-order chi connectivity index (χ0) is 13.1. The van der Waals surface area contributed by atoms with Gasteiger partial charge in [-0.15, -0.1) is 0 Å². The molecule has 0 aliphatic carbocycles. The van der Waals surface area contributed by atoms with Crippen molar-refractivity contribution in [1.82, 2.24) is 10.3 Å². The highest BCUT2D eigenvalue weighted by atomic mass is 19.1. The maximum absolute atomic E-state index is 12.8. The summed E-state index contributed by atoms with van der Waals surface area (Å²) < 4.78 is 18.3. The van der Waals surface area contributed by atoms with Gasteiger partial charge in [-0.05, 0) is 38.5 Å². The van der Waals surface area contributed by atoms with Gasteiger partial charge in [0.1, 0.15) is 11.6 Å². The second-order valence-corrected chi connectivity index (χ2v) is 4.40. The van der Waals surface area contributed by atoms with E-state index in [1.54, 1.807) is 12.1 Å². The highest BCUT2D eigenvalue weighted by molar-refractivity contribution is 5.19. The lowest BCUT2D eigenvalue weighted by molar-refractivity contribution is 0.432. The van der Waals surface area contributed by atoms with Crippen LogP contribution in [0.5, 0.6) is 0 Å². The third-order valence-corrected chi connectivity index (χ3v) is 3.00. The molecule has 0 unspecified atom stereocenters. The molecule has 2 rings (SSSR count). The highest BCUT2D eigenvalue weighted by Gasteiger charge is 2.09. The number of oxazole rings is 1. The zero-order valence-electron chi connectivity index (χ0n) is 10.8. The molecule has 0 amide bonds. The van der Waals surface area contributed by atoms with E-state index >= 15 is 0 Å². The Morgan fingerprint density at radius 1 is 1.28 bits per heavy atom. The van der Waals surface area contributed by atoms with Gasteiger partial charge < -0.3 is 9.73 Å². The Morgan fingerprint density at radius 2 is 1.94 bits per heavy atom. The molecular weight excluding hydrogens is 231 g/mol. The number of nitrogens with one attached hydrogen (secondary N) is 1. The molecule has 0 radical (unpaired) electrons. The lowest BCUT2D eigenvalue weighted by Crippen LogP contribution is -2.18. The van der Waals surface area contributed by atoms with Crippen molar-refractivity contribution in [2.45, 2.75) is 33.4 Å². The van der Waals surface area contributed by atoms with Crippen molar-refractivity contribution in [3.05, 3.63) is 53.0 Å². The van der Waals surface area contributed by atoms with Gasteiger partial charge in [0.15, 0.2) is 0 Å². The van der Waals surface area contributed by atoms with Crippen molar-refractivity contribution in [1.29, 1.82) is 0 Å². The molecule has 2 aromatic rings. The van der Waals surface area contributed by atoms with Gasteiger partial charge in [0, 0.05) is 6.04 Å². The van der Waals surface area contributed by atoms with Crippen LogP contribution in [0, 0.1) is 19.7 Å². The summed E-state index contributed by atoms with van der Waals surface area (Å²) in [6.07, 6.45) is 0.